The summed E-state index contributed by atoms with van der Waals surface area (Å²) in [6.07, 6.45) is 2.89. The number of aliphatic hydroxyl groups is 1. The van der Waals surface area contributed by atoms with Gasteiger partial charge >= 0.3 is 0 Å². The van der Waals surface area contributed by atoms with E-state index in [0.717, 1.165) is 19.3 Å². The van der Waals surface area contributed by atoms with Gasteiger partial charge in [0.15, 0.2) is 5.78 Å². The molecule has 6 heteroatoms. The van der Waals surface area contributed by atoms with E-state index in [0.29, 0.717) is 17.7 Å². The van der Waals surface area contributed by atoms with E-state index in [1.807, 2.05) is 6.07 Å². The summed E-state index contributed by atoms with van der Waals surface area (Å²) in [6, 6.07) is 12.9. The summed E-state index contributed by atoms with van der Waals surface area (Å²) < 4.78 is 0. The van der Waals surface area contributed by atoms with Crippen molar-refractivity contribution >= 4 is 17.2 Å². The Balaban J connectivity index is 1.88. The van der Waals surface area contributed by atoms with Crippen molar-refractivity contribution < 1.29 is 14.8 Å². The number of carbonyl (C=O) groups is 1. The molecule has 1 aliphatic carbocycles. The van der Waals surface area contributed by atoms with Crippen molar-refractivity contribution in [2.45, 2.75) is 37.8 Å². The number of rotatable bonds is 5. The molecule has 6 nitrogen and oxygen atoms in total. The van der Waals surface area contributed by atoms with Gasteiger partial charge in [0.1, 0.15) is 5.69 Å². The standard InChI is InChI=1S/C19H20N2O4/c22-18-9-5-4-8-16(18)20-15-11-10-14(12-17(15)21(24)25)19(23)13-6-2-1-3-7-13/h1-3,6-7,10-12,16,18,20,22H,4-5,8-9H2/t16-,18-/m1/s1. The molecule has 1 fully saturated rings. The van der Waals surface area contributed by atoms with Gasteiger partial charge in [0.05, 0.1) is 17.1 Å². The Morgan fingerprint density at radius 3 is 2.48 bits per heavy atom. The summed E-state index contributed by atoms with van der Waals surface area (Å²) in [7, 11) is 0. The summed E-state index contributed by atoms with van der Waals surface area (Å²) in [4.78, 5) is 23.4. The van der Waals surface area contributed by atoms with Crippen LogP contribution in [0.15, 0.2) is 48.5 Å². The minimum Gasteiger partial charge on any atom is -0.391 e. The summed E-state index contributed by atoms with van der Waals surface area (Å²) >= 11 is 0. The molecule has 0 aliphatic heterocycles. The fourth-order valence-corrected chi connectivity index (χ4v) is 3.18. The molecule has 25 heavy (non-hydrogen) atoms. The summed E-state index contributed by atoms with van der Waals surface area (Å²) in [5.74, 6) is -0.257. The van der Waals surface area contributed by atoms with Crippen LogP contribution in [-0.2, 0) is 0 Å². The van der Waals surface area contributed by atoms with E-state index in [1.165, 1.54) is 6.07 Å². The Bertz CT molecular complexity index is 776. The normalized spacial score (nSPS) is 20.0. The van der Waals surface area contributed by atoms with Crippen molar-refractivity contribution in [3.05, 3.63) is 69.8 Å². The predicted molar refractivity (Wildman–Crippen MR) is 94.9 cm³/mol. The number of benzene rings is 2. The fraction of sp³-hybridized carbons (Fsp3) is 0.316. The van der Waals surface area contributed by atoms with E-state index in [9.17, 15) is 20.0 Å². The van der Waals surface area contributed by atoms with E-state index in [1.54, 1.807) is 36.4 Å². The first-order valence-electron chi connectivity index (χ1n) is 8.39. The van der Waals surface area contributed by atoms with Gasteiger partial charge in [-0.25, -0.2) is 0 Å². The van der Waals surface area contributed by atoms with E-state index in [-0.39, 0.29) is 23.1 Å². The third kappa shape index (κ3) is 3.85. The number of hydrogen-bond donors (Lipinski definition) is 2. The lowest BCUT2D eigenvalue weighted by atomic mass is 9.92. The van der Waals surface area contributed by atoms with Crippen LogP contribution < -0.4 is 5.32 Å². The van der Waals surface area contributed by atoms with Crippen LogP contribution >= 0.6 is 0 Å². The van der Waals surface area contributed by atoms with E-state index >= 15 is 0 Å². The zero-order chi connectivity index (χ0) is 17.8. The van der Waals surface area contributed by atoms with Gasteiger partial charge in [-0.15, -0.1) is 0 Å². The number of aliphatic hydroxyl groups excluding tert-OH is 1. The van der Waals surface area contributed by atoms with Crippen LogP contribution in [0.4, 0.5) is 11.4 Å². The van der Waals surface area contributed by atoms with Crippen LogP contribution in [0.5, 0.6) is 0 Å². The maximum Gasteiger partial charge on any atom is 0.293 e. The molecule has 1 aliphatic rings. The predicted octanol–water partition coefficient (Wildman–Crippen LogP) is 3.54. The Labute approximate surface area is 145 Å². The number of anilines is 1. The molecule has 2 aromatic carbocycles. The van der Waals surface area contributed by atoms with Crippen molar-refractivity contribution in [3.8, 4) is 0 Å². The van der Waals surface area contributed by atoms with Crippen LogP contribution in [-0.4, -0.2) is 28.0 Å². The summed E-state index contributed by atoms with van der Waals surface area (Å²) in [5.41, 5.74) is 0.938. The number of carbonyl (C=O) groups excluding carboxylic acids is 1. The van der Waals surface area contributed by atoms with Crippen molar-refractivity contribution in [1.29, 1.82) is 0 Å². The van der Waals surface area contributed by atoms with Crippen LogP contribution in [0.3, 0.4) is 0 Å². The molecule has 0 saturated heterocycles. The molecule has 2 N–H and O–H groups in total. The van der Waals surface area contributed by atoms with Gasteiger partial charge in [0.25, 0.3) is 5.69 Å². The lowest BCUT2D eigenvalue weighted by Crippen LogP contribution is -2.36. The molecule has 0 unspecified atom stereocenters. The fourth-order valence-electron chi connectivity index (χ4n) is 3.18. The molecule has 0 radical (unpaired) electrons. The smallest absolute Gasteiger partial charge is 0.293 e. The number of hydrogen-bond acceptors (Lipinski definition) is 5. The first-order chi connectivity index (χ1) is 12.1. The van der Waals surface area contributed by atoms with Gasteiger partial charge in [-0.1, -0.05) is 43.2 Å². The number of ketones is 1. The Morgan fingerprint density at radius 2 is 1.80 bits per heavy atom. The van der Waals surface area contributed by atoms with Crippen molar-refractivity contribution in [2.75, 3.05) is 5.32 Å². The molecule has 2 aromatic rings. The molecule has 2 atom stereocenters. The van der Waals surface area contributed by atoms with Gasteiger partial charge in [-0.3, -0.25) is 14.9 Å². The molecular weight excluding hydrogens is 320 g/mol. The van der Waals surface area contributed by atoms with E-state index < -0.39 is 11.0 Å². The van der Waals surface area contributed by atoms with E-state index in [4.69, 9.17) is 0 Å². The summed E-state index contributed by atoms with van der Waals surface area (Å²) in [6.45, 7) is 0. The van der Waals surface area contributed by atoms with Gasteiger partial charge in [0, 0.05) is 17.2 Å². The second kappa shape index (κ2) is 7.44. The Morgan fingerprint density at radius 1 is 1.08 bits per heavy atom. The quantitative estimate of drug-likeness (QED) is 0.493. The van der Waals surface area contributed by atoms with Gasteiger partial charge in [0.2, 0.25) is 0 Å². The monoisotopic (exact) mass is 340 g/mol. The average Bonchev–Trinajstić information content (AvgIpc) is 2.64. The minimum atomic E-state index is -0.515. The Kier molecular flexibility index (Phi) is 5.09. The highest BCUT2D eigenvalue weighted by atomic mass is 16.6. The molecule has 1 saturated carbocycles. The van der Waals surface area contributed by atoms with E-state index in [2.05, 4.69) is 5.32 Å². The molecule has 0 spiro atoms. The first kappa shape index (κ1) is 17.1. The lowest BCUT2D eigenvalue weighted by Gasteiger charge is -2.29. The molecule has 130 valence electrons. The number of nitrogens with one attached hydrogen (secondary N) is 1. The van der Waals surface area contributed by atoms with Crippen LogP contribution in [0.25, 0.3) is 0 Å². The average molecular weight is 340 g/mol. The highest BCUT2D eigenvalue weighted by Gasteiger charge is 2.26. The first-order valence-corrected chi connectivity index (χ1v) is 8.39. The van der Waals surface area contributed by atoms with Gasteiger partial charge < -0.3 is 10.4 Å². The van der Waals surface area contributed by atoms with Crippen molar-refractivity contribution in [3.63, 3.8) is 0 Å². The summed E-state index contributed by atoms with van der Waals surface area (Å²) in [5, 5.41) is 24.6. The minimum absolute atomic E-state index is 0.153. The molecule has 3 rings (SSSR count). The lowest BCUT2D eigenvalue weighted by molar-refractivity contribution is -0.384. The number of nitro groups is 1. The second-order valence-corrected chi connectivity index (χ2v) is 6.29. The largest absolute Gasteiger partial charge is 0.391 e. The van der Waals surface area contributed by atoms with Crippen LogP contribution in [0.2, 0.25) is 0 Å². The van der Waals surface area contributed by atoms with Crippen LogP contribution in [0, 0.1) is 10.1 Å². The second-order valence-electron chi connectivity index (χ2n) is 6.29. The zero-order valence-corrected chi connectivity index (χ0v) is 13.7. The highest BCUT2D eigenvalue weighted by Crippen LogP contribution is 2.30. The Hall–Kier alpha value is -2.73. The van der Waals surface area contributed by atoms with Gasteiger partial charge in [-0.05, 0) is 25.0 Å². The van der Waals surface area contributed by atoms with Crippen LogP contribution in [0.1, 0.15) is 41.6 Å². The van der Waals surface area contributed by atoms with Crippen molar-refractivity contribution in [2.24, 2.45) is 0 Å². The topological polar surface area (TPSA) is 92.5 Å². The zero-order valence-electron chi connectivity index (χ0n) is 13.7. The molecule has 0 heterocycles. The molecular formula is C19H20N2O4. The maximum absolute atomic E-state index is 12.5. The van der Waals surface area contributed by atoms with Crippen molar-refractivity contribution in [1.82, 2.24) is 0 Å². The third-order valence-corrected chi connectivity index (χ3v) is 4.56. The molecule has 0 aromatic heterocycles. The SMILES string of the molecule is O=C(c1ccccc1)c1ccc(N[C@@H]2CCCC[C@H]2O)c([N+](=O)[O-])c1. The maximum atomic E-state index is 12.5. The highest BCUT2D eigenvalue weighted by molar-refractivity contribution is 6.09. The third-order valence-electron chi connectivity index (χ3n) is 4.56. The number of nitrogens with zero attached hydrogens (tertiary/aromatic N) is 1. The molecule has 0 amide bonds. The van der Waals surface area contributed by atoms with Gasteiger partial charge in [-0.2, -0.15) is 0 Å². The molecule has 0 bridgehead atoms. The number of nitro benzene ring substituents is 1.